The SMILES string of the molecule is CN1CCN(C2CCC(Nc3ncc4cc5n(c4n3)C3(CCCCC3)CCC5=O)CC2)CC1. The van der Waals surface area contributed by atoms with Crippen LogP contribution in [0, 0.1) is 0 Å². The molecule has 2 saturated carbocycles. The molecule has 1 saturated heterocycles. The Labute approximate surface area is 196 Å². The fourth-order valence-corrected chi connectivity index (χ4v) is 6.97. The summed E-state index contributed by atoms with van der Waals surface area (Å²) >= 11 is 0. The van der Waals surface area contributed by atoms with Gasteiger partial charge in [0.1, 0.15) is 5.65 Å². The molecule has 33 heavy (non-hydrogen) atoms. The van der Waals surface area contributed by atoms with Crippen LogP contribution in [0.5, 0.6) is 0 Å². The molecule has 2 aliphatic carbocycles. The maximum absolute atomic E-state index is 12.8. The Kier molecular flexibility index (Phi) is 5.65. The first-order valence-corrected chi connectivity index (χ1v) is 13.2. The molecule has 7 heteroatoms. The Morgan fingerprint density at radius 3 is 2.52 bits per heavy atom. The summed E-state index contributed by atoms with van der Waals surface area (Å²) in [6, 6.07) is 3.21. The quantitative estimate of drug-likeness (QED) is 0.761. The van der Waals surface area contributed by atoms with Gasteiger partial charge in [-0.15, -0.1) is 0 Å². The van der Waals surface area contributed by atoms with Gasteiger partial charge in [-0.1, -0.05) is 19.3 Å². The van der Waals surface area contributed by atoms with E-state index < -0.39 is 0 Å². The lowest BCUT2D eigenvalue weighted by Gasteiger charge is -2.42. The highest BCUT2D eigenvalue weighted by molar-refractivity contribution is 6.00. The molecule has 1 N–H and O–H groups in total. The normalized spacial score (nSPS) is 28.8. The number of nitrogens with one attached hydrogen (secondary N) is 1. The van der Waals surface area contributed by atoms with Gasteiger partial charge >= 0.3 is 0 Å². The second kappa shape index (κ2) is 8.66. The average Bonchev–Trinajstić information content (AvgIpc) is 3.24. The number of anilines is 1. The van der Waals surface area contributed by atoms with Crippen molar-refractivity contribution in [2.24, 2.45) is 0 Å². The first kappa shape index (κ1) is 21.5. The molecule has 3 fully saturated rings. The Bertz CT molecular complexity index is 1010. The van der Waals surface area contributed by atoms with Gasteiger partial charge in [0.05, 0.1) is 5.69 Å². The van der Waals surface area contributed by atoms with Gasteiger partial charge < -0.3 is 14.8 Å². The van der Waals surface area contributed by atoms with E-state index in [1.807, 2.05) is 12.3 Å². The molecule has 0 aromatic carbocycles. The maximum Gasteiger partial charge on any atom is 0.224 e. The van der Waals surface area contributed by atoms with Crippen LogP contribution in [0.2, 0.25) is 0 Å². The van der Waals surface area contributed by atoms with Crippen LogP contribution in [0.3, 0.4) is 0 Å². The molecule has 6 rings (SSSR count). The number of aromatic nitrogens is 3. The molecule has 0 amide bonds. The molecular weight excluding hydrogens is 412 g/mol. The zero-order chi connectivity index (χ0) is 22.4. The molecule has 0 atom stereocenters. The molecular formula is C26H38N6O. The number of ketones is 1. The third-order valence-electron chi connectivity index (χ3n) is 8.99. The summed E-state index contributed by atoms with van der Waals surface area (Å²) in [4.78, 5) is 27.6. The summed E-state index contributed by atoms with van der Waals surface area (Å²) in [5.41, 5.74) is 1.90. The molecule has 2 aromatic heterocycles. The Morgan fingerprint density at radius 2 is 1.76 bits per heavy atom. The lowest BCUT2D eigenvalue weighted by molar-refractivity contribution is 0.0852. The van der Waals surface area contributed by atoms with Gasteiger partial charge in [-0.25, -0.2) is 4.98 Å². The van der Waals surface area contributed by atoms with Crippen LogP contribution in [0.15, 0.2) is 12.3 Å². The summed E-state index contributed by atoms with van der Waals surface area (Å²) in [6.07, 6.45) is 14.6. The van der Waals surface area contributed by atoms with Gasteiger partial charge in [0.15, 0.2) is 5.78 Å². The maximum atomic E-state index is 12.8. The van der Waals surface area contributed by atoms with Crippen LogP contribution < -0.4 is 5.32 Å². The minimum atomic E-state index is 0.0788. The highest BCUT2D eigenvalue weighted by atomic mass is 16.1. The van der Waals surface area contributed by atoms with E-state index >= 15 is 0 Å². The van der Waals surface area contributed by atoms with Crippen molar-refractivity contribution >= 4 is 22.8 Å². The molecule has 0 unspecified atom stereocenters. The molecule has 4 heterocycles. The van der Waals surface area contributed by atoms with Crippen LogP contribution in [-0.4, -0.2) is 75.4 Å². The number of nitrogens with zero attached hydrogens (tertiary/aromatic N) is 5. The van der Waals surface area contributed by atoms with E-state index in [0.717, 1.165) is 35.1 Å². The van der Waals surface area contributed by atoms with E-state index in [-0.39, 0.29) is 11.3 Å². The predicted octanol–water partition coefficient (Wildman–Crippen LogP) is 4.04. The summed E-state index contributed by atoms with van der Waals surface area (Å²) < 4.78 is 2.32. The van der Waals surface area contributed by atoms with Crippen LogP contribution in [0.1, 0.15) is 81.1 Å². The van der Waals surface area contributed by atoms with Crippen LogP contribution in [-0.2, 0) is 5.54 Å². The van der Waals surface area contributed by atoms with Gasteiger partial charge in [0.25, 0.3) is 0 Å². The van der Waals surface area contributed by atoms with E-state index in [0.29, 0.717) is 12.5 Å². The van der Waals surface area contributed by atoms with E-state index in [2.05, 4.69) is 31.7 Å². The molecule has 2 aromatic rings. The number of piperazine rings is 1. The number of Topliss-reactive ketones (excluding diaryl/α,β-unsaturated/α-hetero) is 1. The second-order valence-corrected chi connectivity index (χ2v) is 11.0. The van der Waals surface area contributed by atoms with Gasteiger partial charge in [-0.05, 0) is 58.1 Å². The highest BCUT2D eigenvalue weighted by Crippen LogP contribution is 2.45. The Hall–Kier alpha value is -1.99. The summed E-state index contributed by atoms with van der Waals surface area (Å²) in [5, 5.41) is 4.66. The number of carbonyl (C=O) groups excluding carboxylic acids is 1. The van der Waals surface area contributed by atoms with E-state index in [9.17, 15) is 4.79 Å². The van der Waals surface area contributed by atoms with Crippen LogP contribution in [0.25, 0.3) is 11.0 Å². The minimum Gasteiger partial charge on any atom is -0.351 e. The predicted molar refractivity (Wildman–Crippen MR) is 131 cm³/mol. The number of rotatable bonds is 3. The van der Waals surface area contributed by atoms with Crippen molar-refractivity contribution < 1.29 is 4.79 Å². The van der Waals surface area contributed by atoms with Crippen molar-refractivity contribution in [2.45, 2.75) is 88.3 Å². The molecule has 2 aliphatic heterocycles. The fraction of sp³-hybridized carbons (Fsp3) is 0.731. The molecule has 0 bridgehead atoms. The Balaban J connectivity index is 1.19. The number of hydrogen-bond acceptors (Lipinski definition) is 6. The van der Waals surface area contributed by atoms with Gasteiger partial charge in [-0.2, -0.15) is 4.98 Å². The van der Waals surface area contributed by atoms with Gasteiger partial charge in [0.2, 0.25) is 5.95 Å². The lowest BCUT2D eigenvalue weighted by atomic mass is 9.75. The summed E-state index contributed by atoms with van der Waals surface area (Å²) in [5.74, 6) is 0.997. The van der Waals surface area contributed by atoms with Crippen LogP contribution >= 0.6 is 0 Å². The van der Waals surface area contributed by atoms with Crippen molar-refractivity contribution in [3.8, 4) is 0 Å². The minimum absolute atomic E-state index is 0.0788. The molecule has 4 aliphatic rings. The number of carbonyl (C=O) groups is 1. The Morgan fingerprint density at radius 1 is 1.00 bits per heavy atom. The average molecular weight is 451 g/mol. The number of hydrogen-bond donors (Lipinski definition) is 1. The second-order valence-electron chi connectivity index (χ2n) is 11.0. The third-order valence-corrected chi connectivity index (χ3v) is 8.99. The summed E-state index contributed by atoms with van der Waals surface area (Å²) in [7, 11) is 2.23. The molecule has 0 radical (unpaired) electrons. The monoisotopic (exact) mass is 450 g/mol. The zero-order valence-corrected chi connectivity index (χ0v) is 20.1. The zero-order valence-electron chi connectivity index (χ0n) is 20.1. The fourth-order valence-electron chi connectivity index (χ4n) is 6.97. The first-order chi connectivity index (χ1) is 16.1. The largest absolute Gasteiger partial charge is 0.351 e. The number of likely N-dealkylation sites (N-methyl/N-ethyl adjacent to an activating group) is 1. The number of fused-ring (bicyclic) bond motifs is 4. The first-order valence-electron chi connectivity index (χ1n) is 13.2. The van der Waals surface area contributed by atoms with Crippen molar-refractivity contribution in [2.75, 3.05) is 38.5 Å². The van der Waals surface area contributed by atoms with Gasteiger partial charge in [0, 0.05) is 61.8 Å². The van der Waals surface area contributed by atoms with Crippen molar-refractivity contribution in [1.82, 2.24) is 24.3 Å². The molecule has 178 valence electrons. The van der Waals surface area contributed by atoms with Crippen molar-refractivity contribution in [1.29, 1.82) is 0 Å². The smallest absolute Gasteiger partial charge is 0.224 e. The lowest BCUT2D eigenvalue weighted by Crippen LogP contribution is -2.50. The van der Waals surface area contributed by atoms with Crippen LogP contribution in [0.4, 0.5) is 5.95 Å². The van der Waals surface area contributed by atoms with E-state index in [1.165, 1.54) is 84.0 Å². The third kappa shape index (κ3) is 3.97. The summed E-state index contributed by atoms with van der Waals surface area (Å²) in [6.45, 7) is 4.80. The molecule has 1 spiro atoms. The topological polar surface area (TPSA) is 66.3 Å². The van der Waals surface area contributed by atoms with E-state index in [1.54, 1.807) is 0 Å². The van der Waals surface area contributed by atoms with Gasteiger partial charge in [-0.3, -0.25) is 9.69 Å². The van der Waals surface area contributed by atoms with Crippen molar-refractivity contribution in [3.05, 3.63) is 18.0 Å². The highest BCUT2D eigenvalue weighted by Gasteiger charge is 2.41. The van der Waals surface area contributed by atoms with E-state index in [4.69, 9.17) is 4.98 Å². The molecule has 7 nitrogen and oxygen atoms in total. The standard InChI is InChI=1S/C26H38N6O/c1-30-13-15-31(16-14-30)21-7-5-20(6-8-21)28-25-27-18-19-17-22-23(33)9-12-26(10-3-2-4-11-26)32(22)24(19)29-25/h17-18,20-21H,2-16H2,1H3,(H,27,28,29). The van der Waals surface area contributed by atoms with Crippen molar-refractivity contribution in [3.63, 3.8) is 0 Å².